The second-order valence-electron chi connectivity index (χ2n) is 15.4. The predicted molar refractivity (Wildman–Crippen MR) is 204 cm³/mol. The van der Waals surface area contributed by atoms with Crippen molar-refractivity contribution in [2.75, 3.05) is 47.5 Å². The van der Waals surface area contributed by atoms with Crippen molar-refractivity contribution in [1.29, 1.82) is 0 Å². The number of hydrogen-bond donors (Lipinski definition) is 0. The van der Waals surface area contributed by atoms with E-state index in [1.54, 1.807) is 0 Å². The number of carbonyl (C=O) groups is 2. The van der Waals surface area contributed by atoms with Crippen LogP contribution in [-0.4, -0.2) is 70.0 Å². The number of quaternary nitrogens is 1. The molecule has 50 heavy (non-hydrogen) atoms. The van der Waals surface area contributed by atoms with Crippen LogP contribution >= 0.6 is 7.82 Å². The number of phosphoric acid groups is 1. The van der Waals surface area contributed by atoms with Crippen molar-refractivity contribution in [3.8, 4) is 0 Å². The molecule has 298 valence electrons. The third-order valence-corrected chi connectivity index (χ3v) is 10.1. The third-order valence-electron chi connectivity index (χ3n) is 9.18. The highest BCUT2D eigenvalue weighted by atomic mass is 31.2. The summed E-state index contributed by atoms with van der Waals surface area (Å²) in [6, 6.07) is 0. The first kappa shape index (κ1) is 49.0. The standard InChI is InChI=1S/C40H80NO8P/c1-6-7-8-9-10-11-12-13-14-15-16-17-18-19-20-21-22-23-24-25-26-27-28-29-30-31-32-33-40(43)46-36-39(49-38(2)42)37-48-50(44,45)47-35-34-41(3,4)5/h39H,6-37H2,1-5H3/t39-/m1/s1. The molecule has 0 aromatic rings. The Hall–Kier alpha value is -0.990. The number of carbonyl (C=O) groups excluding carboxylic acids is 2. The van der Waals surface area contributed by atoms with Crippen LogP contribution in [0.4, 0.5) is 0 Å². The Morgan fingerprint density at radius 2 is 0.940 bits per heavy atom. The first-order valence-electron chi connectivity index (χ1n) is 20.7. The zero-order chi connectivity index (χ0) is 37.2. The van der Waals surface area contributed by atoms with Crippen molar-refractivity contribution in [2.24, 2.45) is 0 Å². The summed E-state index contributed by atoms with van der Waals surface area (Å²) in [6.45, 7) is 3.19. The SMILES string of the molecule is CCCCCCCCCCCCCCCCCCCCCCCCCCCCCC(=O)OC[C@H](COP(=O)([O-])OCC[N+](C)(C)C)OC(C)=O. The molecule has 0 radical (unpaired) electrons. The summed E-state index contributed by atoms with van der Waals surface area (Å²) in [5.74, 6) is -1.02. The molecule has 10 heteroatoms. The Labute approximate surface area is 308 Å². The number of phosphoric ester groups is 1. The molecule has 0 heterocycles. The van der Waals surface area contributed by atoms with Gasteiger partial charge < -0.3 is 27.9 Å². The van der Waals surface area contributed by atoms with Crippen LogP contribution in [0.5, 0.6) is 0 Å². The lowest BCUT2D eigenvalue weighted by molar-refractivity contribution is -0.870. The van der Waals surface area contributed by atoms with E-state index in [1.165, 1.54) is 161 Å². The molecule has 0 bridgehead atoms. The van der Waals surface area contributed by atoms with Gasteiger partial charge in [0.15, 0.2) is 6.10 Å². The zero-order valence-electron chi connectivity index (χ0n) is 33.4. The molecule has 9 nitrogen and oxygen atoms in total. The van der Waals surface area contributed by atoms with E-state index in [9.17, 15) is 19.0 Å². The van der Waals surface area contributed by atoms with Crippen LogP contribution in [0.2, 0.25) is 0 Å². The van der Waals surface area contributed by atoms with E-state index < -0.39 is 32.5 Å². The quantitative estimate of drug-likeness (QED) is 0.0267. The van der Waals surface area contributed by atoms with Crippen LogP contribution in [0.15, 0.2) is 0 Å². The van der Waals surface area contributed by atoms with Crippen LogP contribution in [-0.2, 0) is 32.7 Å². The van der Waals surface area contributed by atoms with E-state index in [0.717, 1.165) is 19.3 Å². The van der Waals surface area contributed by atoms with Gasteiger partial charge >= 0.3 is 11.9 Å². The molecule has 0 aliphatic carbocycles. The molecule has 0 amide bonds. The Bertz CT molecular complexity index is 835. The fourth-order valence-electron chi connectivity index (χ4n) is 6.01. The monoisotopic (exact) mass is 734 g/mol. The largest absolute Gasteiger partial charge is 0.756 e. The van der Waals surface area contributed by atoms with Gasteiger partial charge in [-0.25, -0.2) is 0 Å². The van der Waals surface area contributed by atoms with Crippen LogP contribution in [0.1, 0.15) is 194 Å². The highest BCUT2D eigenvalue weighted by Crippen LogP contribution is 2.38. The topological polar surface area (TPSA) is 111 Å². The average molecular weight is 734 g/mol. The lowest BCUT2D eigenvalue weighted by atomic mass is 10.0. The Balaban J connectivity index is 3.56. The normalized spacial score (nSPS) is 13.6. The molecule has 0 fully saturated rings. The van der Waals surface area contributed by atoms with Crippen LogP contribution < -0.4 is 4.89 Å². The van der Waals surface area contributed by atoms with Gasteiger partial charge in [-0.2, -0.15) is 0 Å². The van der Waals surface area contributed by atoms with Crippen LogP contribution in [0.3, 0.4) is 0 Å². The van der Waals surface area contributed by atoms with Crippen molar-refractivity contribution in [1.82, 2.24) is 0 Å². The molecular weight excluding hydrogens is 653 g/mol. The number of nitrogens with zero attached hydrogens (tertiary/aromatic N) is 1. The van der Waals surface area contributed by atoms with Gasteiger partial charge in [-0.05, 0) is 6.42 Å². The predicted octanol–water partition coefficient (Wildman–Crippen LogP) is 10.6. The third kappa shape index (κ3) is 38.2. The average Bonchev–Trinajstić information content (AvgIpc) is 3.04. The molecule has 0 N–H and O–H groups in total. The number of rotatable bonds is 38. The molecule has 1 unspecified atom stereocenters. The van der Waals surface area contributed by atoms with Gasteiger partial charge in [-0.3, -0.25) is 14.2 Å². The highest BCUT2D eigenvalue weighted by molar-refractivity contribution is 7.45. The first-order valence-corrected chi connectivity index (χ1v) is 22.1. The molecule has 0 saturated carbocycles. The summed E-state index contributed by atoms with van der Waals surface area (Å²) in [5, 5.41) is 0. The molecule has 0 aromatic heterocycles. The molecular formula is C40H80NO8P. The van der Waals surface area contributed by atoms with E-state index >= 15 is 0 Å². The summed E-state index contributed by atoms with van der Waals surface area (Å²) in [6.07, 6.45) is 35.5. The van der Waals surface area contributed by atoms with Crippen LogP contribution in [0.25, 0.3) is 0 Å². The molecule has 0 aliphatic rings. The second-order valence-corrected chi connectivity index (χ2v) is 16.9. The van der Waals surface area contributed by atoms with E-state index in [4.69, 9.17) is 18.5 Å². The van der Waals surface area contributed by atoms with Gasteiger partial charge in [0, 0.05) is 13.3 Å². The summed E-state index contributed by atoms with van der Waals surface area (Å²) in [4.78, 5) is 35.6. The Kier molecular flexibility index (Phi) is 33.2. The molecule has 0 rings (SSSR count). The molecule has 0 saturated heterocycles. The second kappa shape index (κ2) is 33.8. The summed E-state index contributed by atoms with van der Waals surface area (Å²) in [5.41, 5.74) is 0. The van der Waals surface area contributed by atoms with Gasteiger partial charge in [-0.15, -0.1) is 0 Å². The van der Waals surface area contributed by atoms with Crippen molar-refractivity contribution < 1.29 is 42.1 Å². The maximum atomic E-state index is 12.2. The van der Waals surface area contributed by atoms with E-state index in [-0.39, 0.29) is 19.6 Å². The fourth-order valence-corrected chi connectivity index (χ4v) is 6.74. The lowest BCUT2D eigenvalue weighted by Gasteiger charge is -2.28. The minimum Gasteiger partial charge on any atom is -0.756 e. The van der Waals surface area contributed by atoms with Gasteiger partial charge in [0.2, 0.25) is 0 Å². The van der Waals surface area contributed by atoms with Crippen LogP contribution in [0, 0.1) is 0 Å². The Morgan fingerprint density at radius 3 is 1.28 bits per heavy atom. The maximum absolute atomic E-state index is 12.2. The van der Waals surface area contributed by atoms with E-state index in [2.05, 4.69) is 6.92 Å². The molecule has 0 aliphatic heterocycles. The van der Waals surface area contributed by atoms with Gasteiger partial charge in [0.1, 0.15) is 19.8 Å². The summed E-state index contributed by atoms with van der Waals surface area (Å²) >= 11 is 0. The maximum Gasteiger partial charge on any atom is 0.305 e. The Morgan fingerprint density at radius 1 is 0.580 bits per heavy atom. The number of esters is 2. The first-order chi connectivity index (χ1) is 23.9. The number of unbranched alkanes of at least 4 members (excludes halogenated alkanes) is 26. The van der Waals surface area contributed by atoms with Crippen molar-refractivity contribution >= 4 is 19.8 Å². The number of ether oxygens (including phenoxy) is 2. The van der Waals surface area contributed by atoms with Crippen molar-refractivity contribution in [3.63, 3.8) is 0 Å². The van der Waals surface area contributed by atoms with Crippen molar-refractivity contribution in [2.45, 2.75) is 200 Å². The van der Waals surface area contributed by atoms with E-state index in [1.807, 2.05) is 21.1 Å². The minimum atomic E-state index is -4.57. The minimum absolute atomic E-state index is 0.0306. The van der Waals surface area contributed by atoms with E-state index in [0.29, 0.717) is 11.0 Å². The smallest absolute Gasteiger partial charge is 0.305 e. The van der Waals surface area contributed by atoms with Gasteiger partial charge in [-0.1, -0.05) is 174 Å². The highest BCUT2D eigenvalue weighted by Gasteiger charge is 2.20. The number of hydrogen-bond acceptors (Lipinski definition) is 8. The van der Waals surface area contributed by atoms with Gasteiger partial charge in [0.05, 0.1) is 27.7 Å². The summed E-state index contributed by atoms with van der Waals surface area (Å²) in [7, 11) is 1.17. The number of likely N-dealkylation sites (N-methyl/N-ethyl adjacent to an activating group) is 1. The summed E-state index contributed by atoms with van der Waals surface area (Å²) < 4.78 is 32.6. The molecule has 2 atom stereocenters. The van der Waals surface area contributed by atoms with Gasteiger partial charge in [0.25, 0.3) is 7.82 Å². The fraction of sp³-hybridized carbons (Fsp3) is 0.950. The molecule has 0 spiro atoms. The molecule has 0 aromatic carbocycles. The lowest BCUT2D eigenvalue weighted by Crippen LogP contribution is -2.37. The zero-order valence-corrected chi connectivity index (χ0v) is 34.3. The van der Waals surface area contributed by atoms with Crippen molar-refractivity contribution in [3.05, 3.63) is 0 Å².